The summed E-state index contributed by atoms with van der Waals surface area (Å²) in [4.78, 5) is 0.222. The molecule has 0 radical (unpaired) electrons. The van der Waals surface area contributed by atoms with Gasteiger partial charge in [0.15, 0.2) is 0 Å². The number of nitrogens with two attached hydrogens (primary N) is 1. The van der Waals surface area contributed by atoms with Crippen LogP contribution < -0.4 is 15.2 Å². The van der Waals surface area contributed by atoms with E-state index in [9.17, 15) is 8.42 Å². The van der Waals surface area contributed by atoms with Gasteiger partial charge in [-0.1, -0.05) is 20.8 Å². The number of ether oxygens (including phenoxy) is 1. The molecule has 1 unspecified atom stereocenters. The van der Waals surface area contributed by atoms with E-state index in [1.165, 1.54) is 0 Å². The molecule has 120 valence electrons. The van der Waals surface area contributed by atoms with E-state index in [1.807, 2.05) is 27.7 Å². The van der Waals surface area contributed by atoms with Crippen molar-refractivity contribution in [3.63, 3.8) is 0 Å². The first-order valence-corrected chi connectivity index (χ1v) is 8.78. The van der Waals surface area contributed by atoms with Gasteiger partial charge in [-0.2, -0.15) is 0 Å². The molecule has 5 nitrogen and oxygen atoms in total. The molecule has 0 saturated carbocycles. The molecule has 1 aromatic carbocycles. The normalized spacial score (nSPS) is 13.4. The number of hydrogen-bond donors (Lipinski definition) is 2. The number of rotatable bonds is 8. The Bertz CT molecular complexity index is 556. The second-order valence-corrected chi connectivity index (χ2v) is 7.19. The van der Waals surface area contributed by atoms with Crippen molar-refractivity contribution >= 4 is 10.0 Å². The van der Waals surface area contributed by atoms with Crippen molar-refractivity contribution in [3.05, 3.63) is 23.8 Å². The lowest BCUT2D eigenvalue weighted by Gasteiger charge is -2.18. The molecule has 0 aliphatic carbocycles. The van der Waals surface area contributed by atoms with Gasteiger partial charge in [-0.15, -0.1) is 0 Å². The van der Waals surface area contributed by atoms with Crippen molar-refractivity contribution in [2.75, 3.05) is 6.61 Å². The van der Waals surface area contributed by atoms with Crippen LogP contribution in [0.15, 0.2) is 23.1 Å². The third-order valence-electron chi connectivity index (χ3n) is 3.36. The summed E-state index contributed by atoms with van der Waals surface area (Å²) in [6.07, 6.45) is 0.886. The maximum Gasteiger partial charge on any atom is 0.240 e. The zero-order valence-electron chi connectivity index (χ0n) is 13.2. The van der Waals surface area contributed by atoms with Crippen LogP contribution in [0.3, 0.4) is 0 Å². The van der Waals surface area contributed by atoms with Gasteiger partial charge in [-0.25, -0.2) is 13.1 Å². The van der Waals surface area contributed by atoms with E-state index in [4.69, 9.17) is 10.5 Å². The van der Waals surface area contributed by atoms with Crippen LogP contribution in [0.4, 0.5) is 0 Å². The zero-order chi connectivity index (χ0) is 16.0. The molecule has 21 heavy (non-hydrogen) atoms. The molecule has 0 fully saturated rings. The maximum atomic E-state index is 12.3. The second-order valence-electron chi connectivity index (χ2n) is 5.48. The molecular weight excluding hydrogens is 288 g/mol. The van der Waals surface area contributed by atoms with Crippen molar-refractivity contribution in [2.24, 2.45) is 11.7 Å². The Hall–Kier alpha value is -1.11. The Morgan fingerprint density at radius 1 is 1.29 bits per heavy atom. The van der Waals surface area contributed by atoms with E-state index in [1.54, 1.807) is 18.2 Å². The topological polar surface area (TPSA) is 81.4 Å². The summed E-state index contributed by atoms with van der Waals surface area (Å²) >= 11 is 0. The van der Waals surface area contributed by atoms with Gasteiger partial charge in [0, 0.05) is 18.2 Å². The molecule has 1 rings (SSSR count). The van der Waals surface area contributed by atoms with E-state index >= 15 is 0 Å². The van der Waals surface area contributed by atoms with Crippen LogP contribution in [0, 0.1) is 5.92 Å². The number of nitrogens with one attached hydrogen (secondary N) is 1. The summed E-state index contributed by atoms with van der Waals surface area (Å²) in [6, 6.07) is 4.68. The molecule has 0 saturated heterocycles. The highest BCUT2D eigenvalue weighted by molar-refractivity contribution is 7.89. The molecule has 0 aliphatic rings. The molecule has 0 aromatic heterocycles. The first kappa shape index (κ1) is 17.9. The SMILES string of the molecule is CCCOc1ccc(S(=O)(=O)NC(C)C(C)C)cc1CN. The quantitative estimate of drug-likeness (QED) is 0.771. The van der Waals surface area contributed by atoms with E-state index in [0.29, 0.717) is 17.9 Å². The fraction of sp³-hybridized carbons (Fsp3) is 0.600. The number of benzene rings is 1. The lowest BCUT2D eigenvalue weighted by molar-refractivity contribution is 0.314. The van der Waals surface area contributed by atoms with Gasteiger partial charge in [0.2, 0.25) is 10.0 Å². The fourth-order valence-electron chi connectivity index (χ4n) is 1.68. The number of hydrogen-bond acceptors (Lipinski definition) is 4. The summed E-state index contributed by atoms with van der Waals surface area (Å²) in [6.45, 7) is 8.63. The van der Waals surface area contributed by atoms with Crippen LogP contribution in [0.25, 0.3) is 0 Å². The minimum Gasteiger partial charge on any atom is -0.493 e. The zero-order valence-corrected chi connectivity index (χ0v) is 14.0. The highest BCUT2D eigenvalue weighted by atomic mass is 32.2. The van der Waals surface area contributed by atoms with Crippen molar-refractivity contribution < 1.29 is 13.2 Å². The molecule has 0 spiro atoms. The largest absolute Gasteiger partial charge is 0.493 e. The molecule has 1 aromatic rings. The fourth-order valence-corrected chi connectivity index (χ4v) is 3.13. The summed E-state index contributed by atoms with van der Waals surface area (Å²) < 4.78 is 32.9. The average Bonchev–Trinajstić information content (AvgIpc) is 2.44. The van der Waals surface area contributed by atoms with Crippen LogP contribution >= 0.6 is 0 Å². The van der Waals surface area contributed by atoms with Gasteiger partial charge < -0.3 is 10.5 Å². The molecule has 3 N–H and O–H groups in total. The smallest absolute Gasteiger partial charge is 0.240 e. The van der Waals surface area contributed by atoms with Crippen LogP contribution in [0.1, 0.15) is 39.7 Å². The summed E-state index contributed by atoms with van der Waals surface area (Å²) in [5, 5.41) is 0. The lowest BCUT2D eigenvalue weighted by Crippen LogP contribution is -2.36. The van der Waals surface area contributed by atoms with E-state index in [2.05, 4.69) is 4.72 Å². The monoisotopic (exact) mass is 314 g/mol. The first-order valence-electron chi connectivity index (χ1n) is 7.30. The Kier molecular flexibility index (Phi) is 6.64. The van der Waals surface area contributed by atoms with Crippen LogP contribution in [0.5, 0.6) is 5.75 Å². The second kappa shape index (κ2) is 7.77. The van der Waals surface area contributed by atoms with E-state index in [-0.39, 0.29) is 23.4 Å². The van der Waals surface area contributed by atoms with Crippen molar-refractivity contribution in [1.29, 1.82) is 0 Å². The lowest BCUT2D eigenvalue weighted by atomic mass is 10.1. The van der Waals surface area contributed by atoms with Crippen molar-refractivity contribution in [1.82, 2.24) is 4.72 Å². The Labute approximate surface area is 127 Å². The maximum absolute atomic E-state index is 12.3. The van der Waals surface area contributed by atoms with Gasteiger partial charge in [0.05, 0.1) is 11.5 Å². The van der Waals surface area contributed by atoms with Gasteiger partial charge >= 0.3 is 0 Å². The van der Waals surface area contributed by atoms with Gasteiger partial charge in [-0.3, -0.25) is 0 Å². The van der Waals surface area contributed by atoms with Crippen LogP contribution in [-0.4, -0.2) is 21.1 Å². The number of sulfonamides is 1. The van der Waals surface area contributed by atoms with E-state index < -0.39 is 10.0 Å². The molecule has 0 amide bonds. The van der Waals surface area contributed by atoms with E-state index in [0.717, 1.165) is 6.42 Å². The highest BCUT2D eigenvalue weighted by Crippen LogP contribution is 2.23. The summed E-state index contributed by atoms with van der Waals surface area (Å²) in [5.41, 5.74) is 6.39. The van der Waals surface area contributed by atoms with Crippen LogP contribution in [0.2, 0.25) is 0 Å². The Morgan fingerprint density at radius 3 is 2.48 bits per heavy atom. The molecule has 1 atom stereocenters. The molecule has 6 heteroatoms. The Morgan fingerprint density at radius 2 is 1.95 bits per heavy atom. The highest BCUT2D eigenvalue weighted by Gasteiger charge is 2.20. The summed E-state index contributed by atoms with van der Waals surface area (Å²) in [5.74, 6) is 0.871. The Balaban J connectivity index is 3.03. The molecule has 0 heterocycles. The minimum absolute atomic E-state index is 0.132. The van der Waals surface area contributed by atoms with Gasteiger partial charge in [-0.05, 0) is 37.5 Å². The van der Waals surface area contributed by atoms with Crippen LogP contribution in [-0.2, 0) is 16.6 Å². The standard InChI is InChI=1S/C15H26N2O3S/c1-5-8-20-15-7-6-14(9-13(15)10-16)21(18,19)17-12(4)11(2)3/h6-7,9,11-12,17H,5,8,10,16H2,1-4H3. The molecule has 0 aliphatic heterocycles. The predicted octanol–water partition coefficient (Wildman–Crippen LogP) is 2.26. The van der Waals surface area contributed by atoms with Gasteiger partial charge in [0.1, 0.15) is 5.75 Å². The van der Waals surface area contributed by atoms with Crippen molar-refractivity contribution in [3.8, 4) is 5.75 Å². The van der Waals surface area contributed by atoms with Crippen molar-refractivity contribution in [2.45, 2.75) is 51.6 Å². The summed E-state index contributed by atoms with van der Waals surface area (Å²) in [7, 11) is -3.54. The molecule has 0 bridgehead atoms. The predicted molar refractivity (Wildman–Crippen MR) is 84.7 cm³/mol. The first-order chi connectivity index (χ1) is 9.81. The molecular formula is C15H26N2O3S. The third kappa shape index (κ3) is 4.98. The average molecular weight is 314 g/mol. The van der Waals surface area contributed by atoms with Gasteiger partial charge in [0.25, 0.3) is 0 Å². The third-order valence-corrected chi connectivity index (χ3v) is 4.92. The minimum atomic E-state index is -3.54.